The van der Waals surface area contributed by atoms with Crippen molar-refractivity contribution in [1.82, 2.24) is 0 Å². The number of hydrogen-bond acceptors (Lipinski definition) is 3. The minimum atomic E-state index is -0.248. The van der Waals surface area contributed by atoms with Crippen molar-refractivity contribution in [2.75, 3.05) is 17.2 Å². The predicted molar refractivity (Wildman–Crippen MR) is 120 cm³/mol. The average molecular weight is 402 g/mol. The van der Waals surface area contributed by atoms with Crippen LogP contribution in [0.2, 0.25) is 0 Å². The summed E-state index contributed by atoms with van der Waals surface area (Å²) >= 11 is 0. The zero-order chi connectivity index (χ0) is 21.5. The molecule has 5 nitrogen and oxygen atoms in total. The van der Waals surface area contributed by atoms with E-state index < -0.39 is 0 Å². The van der Waals surface area contributed by atoms with Gasteiger partial charge in [0, 0.05) is 22.5 Å². The van der Waals surface area contributed by atoms with Crippen molar-refractivity contribution >= 4 is 23.2 Å². The average Bonchev–Trinajstić information content (AvgIpc) is 2.73. The number of carbonyl (C=O) groups is 2. The smallest absolute Gasteiger partial charge is 0.255 e. The van der Waals surface area contributed by atoms with E-state index in [4.69, 9.17) is 4.74 Å². The number of benzene rings is 3. The molecule has 30 heavy (non-hydrogen) atoms. The first-order chi connectivity index (χ1) is 14.4. The van der Waals surface area contributed by atoms with Gasteiger partial charge >= 0.3 is 0 Å². The third-order valence-corrected chi connectivity index (χ3v) is 4.36. The molecule has 2 amide bonds. The summed E-state index contributed by atoms with van der Waals surface area (Å²) in [7, 11) is 0. The third-order valence-electron chi connectivity index (χ3n) is 4.36. The van der Waals surface area contributed by atoms with E-state index in [9.17, 15) is 9.59 Å². The van der Waals surface area contributed by atoms with E-state index >= 15 is 0 Å². The zero-order valence-corrected chi connectivity index (χ0v) is 17.4. The van der Waals surface area contributed by atoms with E-state index in [1.54, 1.807) is 48.5 Å². The maximum Gasteiger partial charge on any atom is 0.255 e. The van der Waals surface area contributed by atoms with Crippen LogP contribution in [0.25, 0.3) is 0 Å². The Bertz CT molecular complexity index is 1030. The van der Waals surface area contributed by atoms with Gasteiger partial charge in [0.05, 0.1) is 6.61 Å². The van der Waals surface area contributed by atoms with Crippen LogP contribution in [0.5, 0.6) is 5.75 Å². The molecule has 5 heteroatoms. The van der Waals surface area contributed by atoms with Crippen LogP contribution in [0, 0.1) is 12.8 Å². The first-order valence-corrected chi connectivity index (χ1v) is 9.93. The largest absolute Gasteiger partial charge is 0.493 e. The van der Waals surface area contributed by atoms with Gasteiger partial charge in [-0.15, -0.1) is 0 Å². The second-order valence-corrected chi connectivity index (χ2v) is 7.59. The van der Waals surface area contributed by atoms with Gasteiger partial charge in [0.1, 0.15) is 5.75 Å². The van der Waals surface area contributed by atoms with Gasteiger partial charge in [0.25, 0.3) is 11.8 Å². The molecule has 0 aromatic heterocycles. The Morgan fingerprint density at radius 1 is 0.800 bits per heavy atom. The molecule has 154 valence electrons. The van der Waals surface area contributed by atoms with Crippen LogP contribution in [0.3, 0.4) is 0 Å². The van der Waals surface area contributed by atoms with Gasteiger partial charge in [-0.1, -0.05) is 32.0 Å². The van der Waals surface area contributed by atoms with Gasteiger partial charge in [0.2, 0.25) is 0 Å². The van der Waals surface area contributed by atoms with E-state index in [1.807, 2.05) is 31.2 Å². The van der Waals surface area contributed by atoms with Crippen molar-refractivity contribution in [3.8, 4) is 5.75 Å². The number of amides is 2. The monoisotopic (exact) mass is 402 g/mol. The summed E-state index contributed by atoms with van der Waals surface area (Å²) in [5, 5.41) is 5.71. The second-order valence-electron chi connectivity index (χ2n) is 7.59. The summed E-state index contributed by atoms with van der Waals surface area (Å²) in [4.78, 5) is 25.1. The standard InChI is InChI=1S/C25H26N2O3/c1-17(2)16-30-23-12-10-19(11-13-23)24(28)27-22-9-5-7-20(15-22)25(29)26-21-8-4-6-18(3)14-21/h4-15,17H,16H2,1-3H3,(H,26,29)(H,27,28). The fourth-order valence-corrected chi connectivity index (χ4v) is 2.83. The topological polar surface area (TPSA) is 67.4 Å². The number of aryl methyl sites for hydroxylation is 1. The molecule has 0 heterocycles. The van der Waals surface area contributed by atoms with E-state index in [0.29, 0.717) is 29.3 Å². The summed E-state index contributed by atoms with van der Waals surface area (Å²) < 4.78 is 5.64. The van der Waals surface area contributed by atoms with Crippen LogP contribution in [-0.4, -0.2) is 18.4 Å². The third kappa shape index (κ3) is 5.95. The molecule has 0 bridgehead atoms. The van der Waals surface area contributed by atoms with E-state index in [2.05, 4.69) is 24.5 Å². The van der Waals surface area contributed by atoms with Crippen molar-refractivity contribution in [3.63, 3.8) is 0 Å². The van der Waals surface area contributed by atoms with Gasteiger partial charge in [-0.3, -0.25) is 9.59 Å². The lowest BCUT2D eigenvalue weighted by Gasteiger charge is -2.10. The van der Waals surface area contributed by atoms with Crippen LogP contribution < -0.4 is 15.4 Å². The fraction of sp³-hybridized carbons (Fsp3) is 0.200. The Morgan fingerprint density at radius 2 is 1.40 bits per heavy atom. The fourth-order valence-electron chi connectivity index (χ4n) is 2.83. The Labute approximate surface area is 177 Å². The summed E-state index contributed by atoms with van der Waals surface area (Å²) in [6, 6.07) is 21.5. The first-order valence-electron chi connectivity index (χ1n) is 9.93. The molecule has 0 fully saturated rings. The van der Waals surface area contributed by atoms with Crippen molar-refractivity contribution in [2.45, 2.75) is 20.8 Å². The minimum absolute atomic E-state index is 0.233. The minimum Gasteiger partial charge on any atom is -0.493 e. The van der Waals surface area contributed by atoms with Gasteiger partial charge in [0.15, 0.2) is 0 Å². The molecule has 3 aromatic carbocycles. The maximum absolute atomic E-state index is 12.5. The summed E-state index contributed by atoms with van der Waals surface area (Å²) in [6.07, 6.45) is 0. The number of ether oxygens (including phenoxy) is 1. The normalized spacial score (nSPS) is 10.5. The van der Waals surface area contributed by atoms with E-state index in [-0.39, 0.29) is 11.8 Å². The first kappa shape index (κ1) is 21.1. The van der Waals surface area contributed by atoms with Gasteiger partial charge in [-0.05, 0) is 73.0 Å². The molecular formula is C25H26N2O3. The highest BCUT2D eigenvalue weighted by molar-refractivity contribution is 6.07. The van der Waals surface area contributed by atoms with Crippen LogP contribution >= 0.6 is 0 Å². The molecule has 0 spiro atoms. The van der Waals surface area contributed by atoms with E-state index in [1.165, 1.54) is 0 Å². The van der Waals surface area contributed by atoms with Crippen LogP contribution in [0.15, 0.2) is 72.8 Å². The van der Waals surface area contributed by atoms with Crippen molar-refractivity contribution in [1.29, 1.82) is 0 Å². The second kappa shape index (κ2) is 9.74. The number of hydrogen-bond donors (Lipinski definition) is 2. The lowest BCUT2D eigenvalue weighted by molar-refractivity contribution is 0.101. The molecule has 0 aliphatic carbocycles. The van der Waals surface area contributed by atoms with Crippen molar-refractivity contribution < 1.29 is 14.3 Å². The van der Waals surface area contributed by atoms with Crippen molar-refractivity contribution in [2.24, 2.45) is 5.92 Å². The zero-order valence-electron chi connectivity index (χ0n) is 17.4. The van der Waals surface area contributed by atoms with Crippen LogP contribution in [0.1, 0.15) is 40.1 Å². The predicted octanol–water partition coefficient (Wildman–Crippen LogP) is 5.53. The highest BCUT2D eigenvalue weighted by Crippen LogP contribution is 2.17. The van der Waals surface area contributed by atoms with Gasteiger partial charge < -0.3 is 15.4 Å². The van der Waals surface area contributed by atoms with Gasteiger partial charge in [-0.25, -0.2) is 0 Å². The van der Waals surface area contributed by atoms with Crippen molar-refractivity contribution in [3.05, 3.63) is 89.5 Å². The quantitative estimate of drug-likeness (QED) is 0.546. The molecule has 0 radical (unpaired) electrons. The van der Waals surface area contributed by atoms with Crippen LogP contribution in [0.4, 0.5) is 11.4 Å². The number of anilines is 2. The van der Waals surface area contributed by atoms with E-state index in [0.717, 1.165) is 17.0 Å². The lowest BCUT2D eigenvalue weighted by Crippen LogP contribution is -2.14. The summed E-state index contributed by atoms with van der Waals surface area (Å²) in [5.41, 5.74) is 3.33. The molecule has 0 saturated carbocycles. The molecule has 0 aliphatic rings. The van der Waals surface area contributed by atoms with Crippen LogP contribution in [-0.2, 0) is 0 Å². The number of rotatable bonds is 7. The SMILES string of the molecule is Cc1cccc(NC(=O)c2cccc(NC(=O)c3ccc(OCC(C)C)cc3)c2)c1. The molecule has 0 saturated heterocycles. The molecule has 0 aliphatic heterocycles. The Morgan fingerprint density at radius 3 is 2.03 bits per heavy atom. The van der Waals surface area contributed by atoms with Gasteiger partial charge in [-0.2, -0.15) is 0 Å². The molecule has 3 rings (SSSR count). The Kier molecular flexibility index (Phi) is 6.86. The molecule has 0 unspecified atom stereocenters. The maximum atomic E-state index is 12.5. The molecule has 2 N–H and O–H groups in total. The highest BCUT2D eigenvalue weighted by Gasteiger charge is 2.10. The molecule has 0 atom stereocenters. The summed E-state index contributed by atoms with van der Waals surface area (Å²) in [6.45, 7) is 6.76. The lowest BCUT2D eigenvalue weighted by atomic mass is 10.1. The molecule has 3 aromatic rings. The molecular weight excluding hydrogens is 376 g/mol. The summed E-state index contributed by atoms with van der Waals surface area (Å²) in [5.74, 6) is 0.684. The Hall–Kier alpha value is -3.60. The number of carbonyl (C=O) groups excluding carboxylic acids is 2. The number of nitrogens with one attached hydrogen (secondary N) is 2. The highest BCUT2D eigenvalue weighted by atomic mass is 16.5. The Balaban J connectivity index is 1.64.